The van der Waals surface area contributed by atoms with Gasteiger partial charge in [-0.2, -0.15) is 0 Å². The Morgan fingerprint density at radius 1 is 1.32 bits per heavy atom. The average molecular weight is 273 g/mol. The molecule has 1 aromatic carbocycles. The second-order valence-corrected chi connectivity index (χ2v) is 5.33. The maximum atomic E-state index is 12.1. The maximum absolute atomic E-state index is 12.1. The molecule has 0 radical (unpaired) electrons. The van der Waals surface area contributed by atoms with Crippen molar-refractivity contribution in [1.29, 1.82) is 0 Å². The normalized spacial score (nSPS) is 11.1. The Bertz CT molecular complexity index is 860. The van der Waals surface area contributed by atoms with Crippen molar-refractivity contribution in [2.75, 3.05) is 0 Å². The zero-order valence-corrected chi connectivity index (χ0v) is 11.3. The van der Waals surface area contributed by atoms with Gasteiger partial charge in [0, 0.05) is 18.6 Å². The summed E-state index contributed by atoms with van der Waals surface area (Å²) in [5.74, 6) is 0.0782. The Kier molecular flexibility index (Phi) is 2.64. The lowest BCUT2D eigenvalue weighted by molar-refractivity contribution is -0.131. The van der Waals surface area contributed by atoms with Crippen LogP contribution in [-0.2, 0) is 4.79 Å². The highest BCUT2D eigenvalue weighted by molar-refractivity contribution is 7.24. The minimum Gasteiger partial charge on any atom is -0.423 e. The minimum atomic E-state index is -0.388. The molecule has 96 valence electrons. The van der Waals surface area contributed by atoms with Crippen LogP contribution in [0.15, 0.2) is 35.1 Å². The van der Waals surface area contributed by atoms with Crippen LogP contribution in [0, 0.1) is 6.92 Å². The number of pyridine rings is 1. The highest BCUT2D eigenvalue weighted by Gasteiger charge is 2.15. The van der Waals surface area contributed by atoms with E-state index in [2.05, 4.69) is 0 Å². The lowest BCUT2D eigenvalue weighted by Crippen LogP contribution is -2.14. The minimum absolute atomic E-state index is 0.110. The molecule has 0 aliphatic carbocycles. The van der Waals surface area contributed by atoms with Gasteiger partial charge in [0.05, 0.1) is 10.2 Å². The number of esters is 1. The molecule has 4 nitrogen and oxygen atoms in total. The number of hydrogen-bond donors (Lipinski definition) is 0. The van der Waals surface area contributed by atoms with Gasteiger partial charge in [-0.05, 0) is 19.1 Å². The lowest BCUT2D eigenvalue weighted by atomic mass is 10.2. The number of aromatic nitrogens is 1. The van der Waals surface area contributed by atoms with E-state index in [0.717, 1.165) is 10.2 Å². The third-order valence-corrected chi connectivity index (χ3v) is 4.00. The Hall–Kier alpha value is -2.14. The molecule has 0 spiro atoms. The second-order valence-electron chi connectivity index (χ2n) is 4.30. The number of carbonyl (C=O) groups is 1. The molecule has 0 aliphatic heterocycles. The van der Waals surface area contributed by atoms with Gasteiger partial charge in [-0.15, -0.1) is 11.3 Å². The molecular weight excluding hydrogens is 262 g/mol. The summed E-state index contributed by atoms with van der Waals surface area (Å²) >= 11 is 1.44. The Morgan fingerprint density at radius 2 is 2.05 bits per heavy atom. The van der Waals surface area contributed by atoms with E-state index < -0.39 is 0 Å². The number of ether oxygens (including phenoxy) is 1. The van der Waals surface area contributed by atoms with Crippen LogP contribution in [0.5, 0.6) is 5.75 Å². The number of carbonyl (C=O) groups excluding carboxylic acids is 1. The van der Waals surface area contributed by atoms with Crippen LogP contribution in [-0.4, -0.2) is 10.4 Å². The van der Waals surface area contributed by atoms with Crippen molar-refractivity contribution < 1.29 is 9.53 Å². The van der Waals surface area contributed by atoms with Gasteiger partial charge in [0.15, 0.2) is 5.75 Å². The number of nitrogens with zero attached hydrogens (tertiary/aromatic N) is 1. The molecule has 0 aliphatic rings. The zero-order valence-electron chi connectivity index (χ0n) is 10.5. The van der Waals surface area contributed by atoms with Gasteiger partial charge in [-0.25, -0.2) is 0 Å². The van der Waals surface area contributed by atoms with Gasteiger partial charge in [-0.3, -0.25) is 14.0 Å². The molecule has 0 saturated carbocycles. The van der Waals surface area contributed by atoms with E-state index in [0.29, 0.717) is 16.1 Å². The first kappa shape index (κ1) is 11.9. The van der Waals surface area contributed by atoms with Crippen molar-refractivity contribution in [2.45, 2.75) is 13.8 Å². The molecule has 3 rings (SSSR count). The maximum Gasteiger partial charge on any atom is 0.308 e. The number of para-hydroxylation sites is 1. The molecule has 0 saturated heterocycles. The standard InChI is InChI=1S/C14H11NO3S/c1-8-7-12(17)15-10-5-3-4-6-11(10)19-14(15)13(8)18-9(2)16/h3-7H,1-2H3. The van der Waals surface area contributed by atoms with Gasteiger partial charge < -0.3 is 4.74 Å². The van der Waals surface area contributed by atoms with Crippen molar-refractivity contribution in [3.8, 4) is 5.75 Å². The number of aryl methyl sites for hydroxylation is 1. The van der Waals surface area contributed by atoms with Gasteiger partial charge in [-0.1, -0.05) is 12.1 Å². The van der Waals surface area contributed by atoms with Crippen molar-refractivity contribution in [2.24, 2.45) is 0 Å². The monoisotopic (exact) mass is 273 g/mol. The van der Waals surface area contributed by atoms with E-state index in [9.17, 15) is 9.59 Å². The predicted octanol–water partition coefficient (Wildman–Crippen LogP) is 2.75. The fraction of sp³-hybridized carbons (Fsp3) is 0.143. The van der Waals surface area contributed by atoms with E-state index in [1.54, 1.807) is 11.3 Å². The summed E-state index contributed by atoms with van der Waals surface area (Å²) in [4.78, 5) is 24.0. The molecule has 0 N–H and O–H groups in total. The SMILES string of the molecule is CC(=O)Oc1c(C)cc(=O)n2c1sc1ccccc12. The fourth-order valence-corrected chi connectivity index (χ4v) is 3.30. The molecular formula is C14H11NO3S. The van der Waals surface area contributed by atoms with Crippen molar-refractivity contribution in [1.82, 2.24) is 4.40 Å². The van der Waals surface area contributed by atoms with Crippen LogP contribution in [0.2, 0.25) is 0 Å². The molecule has 0 atom stereocenters. The number of hydrogen-bond acceptors (Lipinski definition) is 4. The van der Waals surface area contributed by atoms with Gasteiger partial charge in [0.1, 0.15) is 4.83 Å². The van der Waals surface area contributed by atoms with Gasteiger partial charge >= 0.3 is 5.97 Å². The molecule has 0 amide bonds. The van der Waals surface area contributed by atoms with Crippen molar-refractivity contribution >= 4 is 32.4 Å². The third-order valence-electron chi connectivity index (χ3n) is 2.87. The van der Waals surface area contributed by atoms with Crippen molar-refractivity contribution in [3.63, 3.8) is 0 Å². The lowest BCUT2D eigenvalue weighted by Gasteiger charge is -2.06. The summed E-state index contributed by atoms with van der Waals surface area (Å²) in [6.45, 7) is 3.12. The van der Waals surface area contributed by atoms with E-state index >= 15 is 0 Å². The van der Waals surface area contributed by atoms with Crippen LogP contribution < -0.4 is 10.3 Å². The quantitative estimate of drug-likeness (QED) is 0.640. The molecule has 5 heteroatoms. The van der Waals surface area contributed by atoms with Crippen LogP contribution >= 0.6 is 11.3 Å². The summed E-state index contributed by atoms with van der Waals surface area (Å²) in [7, 11) is 0. The molecule has 3 aromatic rings. The molecule has 0 fully saturated rings. The Labute approximate surface area is 112 Å². The van der Waals surface area contributed by atoms with Crippen molar-refractivity contribution in [3.05, 3.63) is 46.2 Å². The summed E-state index contributed by atoms with van der Waals surface area (Å²) < 4.78 is 7.83. The third kappa shape index (κ3) is 1.82. The highest BCUT2D eigenvalue weighted by Crippen LogP contribution is 2.33. The Balaban J connectivity index is 2.50. The summed E-state index contributed by atoms with van der Waals surface area (Å²) in [5, 5.41) is 0. The summed E-state index contributed by atoms with van der Waals surface area (Å²) in [5.41, 5.74) is 1.40. The van der Waals surface area contributed by atoms with Crippen LogP contribution in [0.1, 0.15) is 12.5 Å². The smallest absolute Gasteiger partial charge is 0.308 e. The predicted molar refractivity (Wildman–Crippen MR) is 75.1 cm³/mol. The number of thiazole rings is 1. The first-order chi connectivity index (χ1) is 9.08. The largest absolute Gasteiger partial charge is 0.423 e. The molecule has 2 heterocycles. The molecule has 0 bridgehead atoms. The summed E-state index contributed by atoms with van der Waals surface area (Å²) in [6.07, 6.45) is 0. The summed E-state index contributed by atoms with van der Waals surface area (Å²) in [6, 6.07) is 9.12. The van der Waals surface area contributed by atoms with Gasteiger partial charge in [0.2, 0.25) is 0 Å². The molecule has 2 aromatic heterocycles. The van der Waals surface area contributed by atoms with E-state index in [-0.39, 0.29) is 11.5 Å². The molecule has 19 heavy (non-hydrogen) atoms. The van der Waals surface area contributed by atoms with E-state index in [1.807, 2.05) is 24.3 Å². The van der Waals surface area contributed by atoms with Crippen LogP contribution in [0.3, 0.4) is 0 Å². The highest BCUT2D eigenvalue weighted by atomic mass is 32.1. The number of fused-ring (bicyclic) bond motifs is 3. The first-order valence-corrected chi connectivity index (χ1v) is 6.62. The Morgan fingerprint density at radius 3 is 2.79 bits per heavy atom. The molecule has 0 unspecified atom stereocenters. The van der Waals surface area contributed by atoms with Crippen LogP contribution in [0.4, 0.5) is 0 Å². The number of rotatable bonds is 1. The van der Waals surface area contributed by atoms with E-state index in [1.165, 1.54) is 24.3 Å². The average Bonchev–Trinajstić information content (AvgIpc) is 2.73. The van der Waals surface area contributed by atoms with Crippen LogP contribution in [0.25, 0.3) is 15.0 Å². The fourth-order valence-electron chi connectivity index (χ4n) is 2.11. The first-order valence-electron chi connectivity index (χ1n) is 5.80. The topological polar surface area (TPSA) is 47.8 Å². The second kappa shape index (κ2) is 4.20. The zero-order chi connectivity index (χ0) is 13.6. The number of benzene rings is 1. The van der Waals surface area contributed by atoms with Gasteiger partial charge in [0.25, 0.3) is 5.56 Å². The van der Waals surface area contributed by atoms with E-state index in [4.69, 9.17) is 4.74 Å².